The Morgan fingerprint density at radius 2 is 2.22 bits per heavy atom. The van der Waals surface area contributed by atoms with E-state index >= 15 is 0 Å². The molecule has 1 unspecified atom stereocenters. The quantitative estimate of drug-likeness (QED) is 0.913. The van der Waals surface area contributed by atoms with Gasteiger partial charge in [0.15, 0.2) is 0 Å². The van der Waals surface area contributed by atoms with Crippen LogP contribution in [0.25, 0.3) is 0 Å². The van der Waals surface area contributed by atoms with Crippen LogP contribution in [0.2, 0.25) is 0 Å². The molecule has 1 saturated heterocycles. The molecule has 7 heteroatoms. The second kappa shape index (κ2) is 7.29. The molecule has 1 aromatic heterocycles. The van der Waals surface area contributed by atoms with Gasteiger partial charge in [0, 0.05) is 19.2 Å². The Morgan fingerprint density at radius 3 is 2.91 bits per heavy atom. The summed E-state index contributed by atoms with van der Waals surface area (Å²) in [6.45, 7) is 1.07. The molecule has 0 bridgehead atoms. The van der Waals surface area contributed by atoms with E-state index < -0.39 is 0 Å². The normalized spacial score (nSPS) is 22.7. The number of carbonyl (C=O) groups excluding carboxylic acids is 2. The van der Waals surface area contributed by atoms with Gasteiger partial charge in [-0.3, -0.25) is 9.59 Å². The van der Waals surface area contributed by atoms with Crippen molar-refractivity contribution in [3.8, 4) is 5.88 Å². The first-order chi connectivity index (χ1) is 11.2. The van der Waals surface area contributed by atoms with E-state index in [0.717, 1.165) is 18.0 Å². The topological polar surface area (TPSA) is 71.5 Å². The average Bonchev–Trinajstić information content (AvgIpc) is 3.06. The number of nitrogens with one attached hydrogen (secondary N) is 1. The SMILES string of the molecule is COc1cc(C(=O)N2CCNC(=O)C2CC2CCCCC2)sn1. The summed E-state index contributed by atoms with van der Waals surface area (Å²) in [7, 11) is 1.53. The monoisotopic (exact) mass is 337 g/mol. The largest absolute Gasteiger partial charge is 0.480 e. The summed E-state index contributed by atoms with van der Waals surface area (Å²) in [5.74, 6) is 0.862. The first kappa shape index (κ1) is 16.2. The lowest BCUT2D eigenvalue weighted by Gasteiger charge is -2.37. The number of amides is 2. The standard InChI is InChI=1S/C16H23N3O3S/c1-22-14-10-13(23-18-14)16(21)19-8-7-17-15(20)12(19)9-11-5-3-2-4-6-11/h10-12H,2-9H2,1H3,(H,17,20). The molecule has 1 aromatic rings. The second-order valence-electron chi connectivity index (χ2n) is 6.28. The predicted molar refractivity (Wildman–Crippen MR) is 87.7 cm³/mol. The maximum Gasteiger partial charge on any atom is 0.266 e. The Hall–Kier alpha value is -1.63. The number of hydrogen-bond donors (Lipinski definition) is 1. The highest BCUT2D eigenvalue weighted by Gasteiger charge is 2.36. The summed E-state index contributed by atoms with van der Waals surface area (Å²) < 4.78 is 9.13. The lowest BCUT2D eigenvalue weighted by atomic mass is 9.84. The molecule has 1 atom stereocenters. The van der Waals surface area contributed by atoms with E-state index in [1.54, 1.807) is 11.0 Å². The first-order valence-corrected chi connectivity index (χ1v) is 9.05. The molecule has 126 valence electrons. The molecule has 2 aliphatic rings. The van der Waals surface area contributed by atoms with Crippen LogP contribution in [0.3, 0.4) is 0 Å². The van der Waals surface area contributed by atoms with Crippen LogP contribution < -0.4 is 10.1 Å². The van der Waals surface area contributed by atoms with Gasteiger partial charge in [0.1, 0.15) is 10.9 Å². The molecule has 3 rings (SSSR count). The summed E-state index contributed by atoms with van der Waals surface area (Å²) in [5, 5.41) is 2.90. The van der Waals surface area contributed by atoms with Crippen molar-refractivity contribution in [2.45, 2.75) is 44.6 Å². The molecule has 1 aliphatic heterocycles. The molecule has 1 saturated carbocycles. The van der Waals surface area contributed by atoms with Crippen LogP contribution in [0.4, 0.5) is 0 Å². The molecule has 2 fully saturated rings. The average molecular weight is 337 g/mol. The zero-order valence-electron chi connectivity index (χ0n) is 13.4. The van der Waals surface area contributed by atoms with Crippen LogP contribution in [0.1, 0.15) is 48.2 Å². The van der Waals surface area contributed by atoms with Crippen molar-refractivity contribution >= 4 is 23.3 Å². The van der Waals surface area contributed by atoms with E-state index in [0.29, 0.717) is 29.8 Å². The van der Waals surface area contributed by atoms with Gasteiger partial charge in [0.25, 0.3) is 5.91 Å². The highest BCUT2D eigenvalue weighted by molar-refractivity contribution is 7.08. The molecule has 6 nitrogen and oxygen atoms in total. The van der Waals surface area contributed by atoms with Crippen LogP contribution in [-0.2, 0) is 4.79 Å². The number of carbonyl (C=O) groups is 2. The zero-order chi connectivity index (χ0) is 16.2. The van der Waals surface area contributed by atoms with Crippen LogP contribution in [0.5, 0.6) is 5.88 Å². The number of piperazine rings is 1. The maximum absolute atomic E-state index is 12.8. The number of aromatic nitrogens is 1. The number of rotatable bonds is 4. The van der Waals surface area contributed by atoms with E-state index in [9.17, 15) is 9.59 Å². The molecule has 2 heterocycles. The van der Waals surface area contributed by atoms with Gasteiger partial charge in [-0.05, 0) is 23.9 Å². The fourth-order valence-corrected chi connectivity index (χ4v) is 4.19. The zero-order valence-corrected chi connectivity index (χ0v) is 14.2. The molecule has 0 aromatic carbocycles. The summed E-state index contributed by atoms with van der Waals surface area (Å²) in [4.78, 5) is 27.4. The minimum Gasteiger partial charge on any atom is -0.480 e. The van der Waals surface area contributed by atoms with Gasteiger partial charge in [-0.1, -0.05) is 32.1 Å². The number of nitrogens with zero attached hydrogens (tertiary/aromatic N) is 2. The summed E-state index contributed by atoms with van der Waals surface area (Å²) in [6.07, 6.45) is 6.86. The van der Waals surface area contributed by atoms with Gasteiger partial charge in [0.2, 0.25) is 11.8 Å². The molecule has 2 amide bonds. The van der Waals surface area contributed by atoms with Crippen molar-refractivity contribution in [2.24, 2.45) is 5.92 Å². The van der Waals surface area contributed by atoms with Crippen molar-refractivity contribution < 1.29 is 14.3 Å². The Balaban J connectivity index is 1.73. The van der Waals surface area contributed by atoms with Crippen molar-refractivity contribution in [1.82, 2.24) is 14.6 Å². The molecular formula is C16H23N3O3S. The van der Waals surface area contributed by atoms with Crippen LogP contribution in [0.15, 0.2) is 6.07 Å². The minimum absolute atomic E-state index is 0.0216. The van der Waals surface area contributed by atoms with E-state index in [1.807, 2.05) is 0 Å². The van der Waals surface area contributed by atoms with Gasteiger partial charge < -0.3 is 15.0 Å². The third kappa shape index (κ3) is 3.65. The second-order valence-corrected chi connectivity index (χ2v) is 7.08. The number of methoxy groups -OCH3 is 1. The molecule has 0 radical (unpaired) electrons. The van der Waals surface area contributed by atoms with Crippen molar-refractivity contribution in [3.05, 3.63) is 10.9 Å². The Morgan fingerprint density at radius 1 is 1.43 bits per heavy atom. The highest BCUT2D eigenvalue weighted by atomic mass is 32.1. The molecule has 1 N–H and O–H groups in total. The molecular weight excluding hydrogens is 314 g/mol. The molecule has 0 spiro atoms. The lowest BCUT2D eigenvalue weighted by molar-refractivity contribution is -0.128. The third-order valence-corrected chi connectivity index (χ3v) is 5.54. The summed E-state index contributed by atoms with van der Waals surface area (Å²) in [6, 6.07) is 1.30. The lowest BCUT2D eigenvalue weighted by Crippen LogP contribution is -2.57. The van der Waals surface area contributed by atoms with Gasteiger partial charge in [-0.2, -0.15) is 4.37 Å². The fourth-order valence-electron chi connectivity index (χ4n) is 3.53. The van der Waals surface area contributed by atoms with E-state index in [2.05, 4.69) is 9.69 Å². The predicted octanol–water partition coefficient (Wildman–Crippen LogP) is 2.06. The van der Waals surface area contributed by atoms with Crippen LogP contribution >= 0.6 is 11.5 Å². The van der Waals surface area contributed by atoms with Crippen molar-refractivity contribution in [3.63, 3.8) is 0 Å². The summed E-state index contributed by atoms with van der Waals surface area (Å²) in [5.41, 5.74) is 0. The van der Waals surface area contributed by atoms with E-state index in [4.69, 9.17) is 4.74 Å². The fraction of sp³-hybridized carbons (Fsp3) is 0.688. The maximum atomic E-state index is 12.8. The van der Waals surface area contributed by atoms with Crippen molar-refractivity contribution in [2.75, 3.05) is 20.2 Å². The first-order valence-electron chi connectivity index (χ1n) is 8.28. The number of ether oxygens (including phenoxy) is 1. The summed E-state index contributed by atoms with van der Waals surface area (Å²) >= 11 is 1.13. The van der Waals surface area contributed by atoms with Gasteiger partial charge in [-0.25, -0.2) is 0 Å². The van der Waals surface area contributed by atoms with Gasteiger partial charge in [0.05, 0.1) is 7.11 Å². The molecule has 23 heavy (non-hydrogen) atoms. The Labute approximate surface area is 140 Å². The Kier molecular flexibility index (Phi) is 5.15. The third-order valence-electron chi connectivity index (χ3n) is 4.78. The van der Waals surface area contributed by atoms with E-state index in [1.165, 1.54) is 39.2 Å². The van der Waals surface area contributed by atoms with Gasteiger partial charge in [-0.15, -0.1) is 0 Å². The van der Waals surface area contributed by atoms with Gasteiger partial charge >= 0.3 is 0 Å². The van der Waals surface area contributed by atoms with Crippen molar-refractivity contribution in [1.29, 1.82) is 0 Å². The Bertz CT molecular complexity index is 569. The minimum atomic E-state index is -0.354. The van der Waals surface area contributed by atoms with Crippen LogP contribution in [-0.4, -0.2) is 47.3 Å². The van der Waals surface area contributed by atoms with E-state index in [-0.39, 0.29) is 17.9 Å². The smallest absolute Gasteiger partial charge is 0.266 e. The highest BCUT2D eigenvalue weighted by Crippen LogP contribution is 2.30. The molecule has 1 aliphatic carbocycles. The number of hydrogen-bond acceptors (Lipinski definition) is 5. The van der Waals surface area contributed by atoms with Crippen LogP contribution in [0, 0.1) is 5.92 Å².